The monoisotopic (exact) mass is 439 g/mol. The topological polar surface area (TPSA) is 64.5 Å². The van der Waals surface area contributed by atoms with Crippen molar-refractivity contribution in [3.8, 4) is 0 Å². The molecule has 2 N–H and O–H groups in total. The van der Waals surface area contributed by atoms with Gasteiger partial charge in [-0.15, -0.1) is 0 Å². The molecule has 1 aliphatic heterocycles. The van der Waals surface area contributed by atoms with Crippen molar-refractivity contribution < 1.29 is 5.21 Å². The second kappa shape index (κ2) is 8.69. The number of aromatic nitrogens is 2. The van der Waals surface area contributed by atoms with Crippen LogP contribution in [0.2, 0.25) is 0 Å². The van der Waals surface area contributed by atoms with Crippen LogP contribution in [0.25, 0.3) is 0 Å². The van der Waals surface area contributed by atoms with Gasteiger partial charge in [-0.3, -0.25) is 10.7 Å². The molecule has 3 aliphatic rings. The van der Waals surface area contributed by atoms with Crippen LogP contribution in [0.1, 0.15) is 73.1 Å². The lowest BCUT2D eigenvalue weighted by atomic mass is 9.47. The normalized spacial score (nSPS) is 32.5. The summed E-state index contributed by atoms with van der Waals surface area (Å²) >= 11 is 0. The zero-order valence-electron chi connectivity index (χ0n) is 20.8. The number of hydrogen-bond acceptors (Lipinski definition) is 6. The summed E-state index contributed by atoms with van der Waals surface area (Å²) in [5.74, 6) is 2.87. The summed E-state index contributed by atoms with van der Waals surface area (Å²) in [6, 6.07) is 0. The maximum absolute atomic E-state index is 9.49. The van der Waals surface area contributed by atoms with Crippen molar-refractivity contribution in [1.29, 1.82) is 0 Å². The molecule has 6 nitrogen and oxygen atoms in total. The molecule has 1 aromatic rings. The van der Waals surface area contributed by atoms with Gasteiger partial charge < -0.3 is 9.80 Å². The van der Waals surface area contributed by atoms with Gasteiger partial charge in [0.15, 0.2) is 11.6 Å². The molecule has 32 heavy (non-hydrogen) atoms. The summed E-state index contributed by atoms with van der Waals surface area (Å²) in [5, 5.41) is 9.49. The number of nitrogens with zero attached hydrogens (tertiary/aromatic N) is 4. The van der Waals surface area contributed by atoms with Crippen molar-refractivity contribution in [3.63, 3.8) is 0 Å². The van der Waals surface area contributed by atoms with E-state index in [1.54, 1.807) is 5.57 Å². The molecule has 6 heteroatoms. The average Bonchev–Trinajstić information content (AvgIpc) is 3.11. The zero-order valence-corrected chi connectivity index (χ0v) is 20.8. The van der Waals surface area contributed by atoms with Crippen LogP contribution in [0.5, 0.6) is 0 Å². The SMILES string of the molecule is CC(=CCN1CN(C)c2ncnc(NO)c21)CCC1(C)C(C)CCC2(C)C(C)=CCCC21. The predicted octanol–water partition coefficient (Wildman–Crippen LogP) is 6.02. The lowest BCUT2D eigenvalue weighted by Crippen LogP contribution is -2.49. The van der Waals surface area contributed by atoms with Crippen LogP contribution in [0.15, 0.2) is 29.6 Å². The van der Waals surface area contributed by atoms with Crippen molar-refractivity contribution in [1.82, 2.24) is 9.97 Å². The first kappa shape index (κ1) is 23.1. The third-order valence-corrected chi connectivity index (χ3v) is 9.28. The number of hydrogen-bond donors (Lipinski definition) is 2. The molecule has 1 fully saturated rings. The minimum absolute atomic E-state index is 0.384. The molecule has 0 spiro atoms. The van der Waals surface area contributed by atoms with Gasteiger partial charge in [0.05, 0.1) is 6.67 Å². The zero-order chi connectivity index (χ0) is 23.1. The molecule has 2 aliphatic carbocycles. The summed E-state index contributed by atoms with van der Waals surface area (Å²) in [6.45, 7) is 13.8. The minimum Gasteiger partial charge on any atom is -0.344 e. The van der Waals surface area contributed by atoms with E-state index in [1.165, 1.54) is 44.0 Å². The molecular formula is C26H41N5O. The Kier molecular flexibility index (Phi) is 6.27. The Morgan fingerprint density at radius 1 is 1.31 bits per heavy atom. The van der Waals surface area contributed by atoms with Crippen molar-refractivity contribution in [3.05, 3.63) is 29.6 Å². The highest BCUT2D eigenvalue weighted by Gasteiger charge is 2.52. The predicted molar refractivity (Wildman–Crippen MR) is 132 cm³/mol. The molecule has 0 bridgehead atoms. The molecule has 1 aromatic heterocycles. The summed E-state index contributed by atoms with van der Waals surface area (Å²) in [4.78, 5) is 12.9. The Hall–Kier alpha value is -2.08. The van der Waals surface area contributed by atoms with Gasteiger partial charge in [0, 0.05) is 13.6 Å². The van der Waals surface area contributed by atoms with E-state index in [9.17, 15) is 5.21 Å². The standard InChI is InChI=1S/C26H41N5O/c1-18(12-15-31-17-30(6)24-22(31)23(29-32)27-16-28-24)10-13-25(4)20(3)11-14-26(5)19(2)8-7-9-21(25)26/h8,12,16,20-21,32H,7,9-11,13-15,17H2,1-6H3,(H,27,28,29). The fourth-order valence-corrected chi connectivity index (χ4v) is 6.73. The highest BCUT2D eigenvalue weighted by atomic mass is 16.5. The number of fused-ring (bicyclic) bond motifs is 2. The molecule has 2 heterocycles. The number of anilines is 3. The fraction of sp³-hybridized carbons (Fsp3) is 0.692. The molecule has 176 valence electrons. The smallest absolute Gasteiger partial charge is 0.178 e. The van der Waals surface area contributed by atoms with Crippen molar-refractivity contribution in [2.45, 2.75) is 73.1 Å². The van der Waals surface area contributed by atoms with Gasteiger partial charge in [-0.1, -0.05) is 44.1 Å². The second-order valence-corrected chi connectivity index (χ2v) is 11.0. The third-order valence-electron chi connectivity index (χ3n) is 9.28. The maximum atomic E-state index is 9.49. The van der Waals surface area contributed by atoms with E-state index in [2.05, 4.69) is 72.0 Å². The maximum Gasteiger partial charge on any atom is 0.178 e. The molecule has 4 rings (SSSR count). The highest BCUT2D eigenvalue weighted by molar-refractivity contribution is 5.82. The van der Waals surface area contributed by atoms with E-state index in [0.29, 0.717) is 16.6 Å². The van der Waals surface area contributed by atoms with Gasteiger partial charge in [0.2, 0.25) is 0 Å². The van der Waals surface area contributed by atoms with E-state index in [-0.39, 0.29) is 0 Å². The average molecular weight is 440 g/mol. The van der Waals surface area contributed by atoms with Crippen LogP contribution < -0.4 is 15.3 Å². The molecule has 4 atom stereocenters. The largest absolute Gasteiger partial charge is 0.344 e. The van der Waals surface area contributed by atoms with Crippen LogP contribution in [0.4, 0.5) is 17.3 Å². The Morgan fingerprint density at radius 2 is 2.09 bits per heavy atom. The molecular weight excluding hydrogens is 398 g/mol. The van der Waals surface area contributed by atoms with Crippen LogP contribution in [0.3, 0.4) is 0 Å². The lowest BCUT2D eigenvalue weighted by molar-refractivity contribution is -0.0466. The fourth-order valence-electron chi connectivity index (χ4n) is 6.73. The molecule has 0 amide bonds. The van der Waals surface area contributed by atoms with E-state index in [0.717, 1.165) is 43.0 Å². The van der Waals surface area contributed by atoms with Crippen molar-refractivity contribution in [2.24, 2.45) is 22.7 Å². The first-order valence-electron chi connectivity index (χ1n) is 12.2. The molecule has 0 saturated heterocycles. The quantitative estimate of drug-likeness (QED) is 0.418. The Bertz CT molecular complexity index is 911. The van der Waals surface area contributed by atoms with Crippen LogP contribution in [0, 0.1) is 22.7 Å². The summed E-state index contributed by atoms with van der Waals surface area (Å²) in [5.41, 5.74) is 6.95. The molecule has 1 saturated carbocycles. The highest BCUT2D eigenvalue weighted by Crippen LogP contribution is 2.61. The number of allylic oxidation sites excluding steroid dienone is 3. The van der Waals surface area contributed by atoms with Gasteiger partial charge >= 0.3 is 0 Å². The van der Waals surface area contributed by atoms with E-state index < -0.39 is 0 Å². The Morgan fingerprint density at radius 3 is 2.84 bits per heavy atom. The number of rotatable bonds is 6. The van der Waals surface area contributed by atoms with E-state index in [1.807, 2.05) is 7.05 Å². The summed E-state index contributed by atoms with van der Waals surface area (Å²) in [7, 11) is 2.02. The lowest BCUT2D eigenvalue weighted by Gasteiger charge is -2.58. The molecule has 0 aromatic carbocycles. The molecule has 4 unspecified atom stereocenters. The van der Waals surface area contributed by atoms with Gasteiger partial charge in [0.1, 0.15) is 12.0 Å². The molecule has 0 radical (unpaired) electrons. The summed E-state index contributed by atoms with van der Waals surface area (Å²) < 4.78 is 0. The second-order valence-electron chi connectivity index (χ2n) is 11.0. The van der Waals surface area contributed by atoms with E-state index >= 15 is 0 Å². The van der Waals surface area contributed by atoms with Gasteiger partial charge in [0.25, 0.3) is 0 Å². The van der Waals surface area contributed by atoms with Crippen LogP contribution >= 0.6 is 0 Å². The third kappa shape index (κ3) is 3.81. The first-order chi connectivity index (χ1) is 15.2. The Labute approximate surface area is 193 Å². The van der Waals surface area contributed by atoms with Gasteiger partial charge in [-0.25, -0.2) is 9.97 Å². The first-order valence-corrected chi connectivity index (χ1v) is 12.2. The van der Waals surface area contributed by atoms with Crippen molar-refractivity contribution >= 4 is 17.3 Å². The van der Waals surface area contributed by atoms with Crippen LogP contribution in [-0.4, -0.2) is 35.4 Å². The van der Waals surface area contributed by atoms with Crippen LogP contribution in [-0.2, 0) is 0 Å². The van der Waals surface area contributed by atoms with Gasteiger partial charge in [-0.2, -0.15) is 0 Å². The van der Waals surface area contributed by atoms with Crippen molar-refractivity contribution in [2.75, 3.05) is 35.5 Å². The Balaban J connectivity index is 1.45. The van der Waals surface area contributed by atoms with Gasteiger partial charge in [-0.05, 0) is 75.0 Å². The summed E-state index contributed by atoms with van der Waals surface area (Å²) in [6.07, 6.45) is 14.0. The minimum atomic E-state index is 0.384. The number of nitrogens with one attached hydrogen (secondary N) is 1. The van der Waals surface area contributed by atoms with E-state index in [4.69, 9.17) is 0 Å².